The second-order valence-corrected chi connectivity index (χ2v) is 11.6. The number of rotatable bonds is 3. The zero-order valence-electron chi connectivity index (χ0n) is 23.2. The number of halogens is 3. The molecule has 1 atom stereocenters. The van der Waals surface area contributed by atoms with Gasteiger partial charge in [-0.15, -0.1) is 0 Å². The number of alkyl halides is 3. The molecule has 0 unspecified atom stereocenters. The van der Waals surface area contributed by atoms with Crippen LogP contribution in [0.4, 0.5) is 27.9 Å². The number of aryl methyl sites for hydroxylation is 2. The second-order valence-electron chi connectivity index (χ2n) is 10.6. The molecular formula is C28H29F3N6O3S. The highest BCUT2D eigenvalue weighted by molar-refractivity contribution is 7.19. The van der Waals surface area contributed by atoms with Gasteiger partial charge in [0.25, 0.3) is 0 Å². The van der Waals surface area contributed by atoms with Gasteiger partial charge in [0.2, 0.25) is 0 Å². The molecule has 13 heteroatoms. The summed E-state index contributed by atoms with van der Waals surface area (Å²) in [6.07, 6.45) is -5.86. The van der Waals surface area contributed by atoms with E-state index in [0.29, 0.717) is 26.6 Å². The Morgan fingerprint density at radius 3 is 2.37 bits per heavy atom. The van der Waals surface area contributed by atoms with Crippen LogP contribution in [-0.2, 0) is 4.74 Å². The molecule has 1 aliphatic heterocycles. The van der Waals surface area contributed by atoms with Gasteiger partial charge in [-0.2, -0.15) is 18.4 Å². The third kappa shape index (κ3) is 7.13. The number of nitrogens with zero attached hydrogens (tertiary/aromatic N) is 5. The number of benzene rings is 1. The van der Waals surface area contributed by atoms with E-state index in [1.165, 1.54) is 0 Å². The number of ether oxygens (including phenoxy) is 1. The number of anilines is 1. The lowest BCUT2D eigenvalue weighted by Gasteiger charge is -2.41. The standard InChI is InChI=1S/C28H29F3N6O3S/c1-16-11-20(12-17(2)33-16)23-22(19-8-6-7-18(13-19)14-32)34-24(41-23)35-25(38)36-9-10-37(21(15-36)28(29,30)31)26(39)40-27(3,4)5/h6-8,11-13,21H,9-10,15H2,1-5H3,(H,34,35,38)/t21-/m1/s1. The highest BCUT2D eigenvalue weighted by Gasteiger charge is 2.50. The van der Waals surface area contributed by atoms with Crippen molar-refractivity contribution in [3.05, 3.63) is 53.3 Å². The van der Waals surface area contributed by atoms with Crippen LogP contribution < -0.4 is 5.32 Å². The van der Waals surface area contributed by atoms with E-state index >= 15 is 0 Å². The highest BCUT2D eigenvalue weighted by Crippen LogP contribution is 2.40. The summed E-state index contributed by atoms with van der Waals surface area (Å²) in [6, 6.07) is 9.68. The van der Waals surface area contributed by atoms with Crippen LogP contribution >= 0.6 is 11.3 Å². The van der Waals surface area contributed by atoms with E-state index in [9.17, 15) is 28.0 Å². The quantitative estimate of drug-likeness (QED) is 0.382. The summed E-state index contributed by atoms with van der Waals surface area (Å²) >= 11 is 1.16. The molecule has 0 radical (unpaired) electrons. The van der Waals surface area contributed by atoms with Crippen LogP contribution in [0.1, 0.15) is 37.7 Å². The van der Waals surface area contributed by atoms with Crippen molar-refractivity contribution in [2.75, 3.05) is 25.0 Å². The summed E-state index contributed by atoms with van der Waals surface area (Å²) in [6.45, 7) is 7.17. The van der Waals surface area contributed by atoms with E-state index in [4.69, 9.17) is 4.74 Å². The largest absolute Gasteiger partial charge is 0.444 e. The molecule has 9 nitrogen and oxygen atoms in total. The van der Waals surface area contributed by atoms with Crippen LogP contribution in [0.15, 0.2) is 36.4 Å². The average Bonchev–Trinajstić information content (AvgIpc) is 3.30. The summed E-state index contributed by atoms with van der Waals surface area (Å²) in [4.78, 5) is 37.0. The summed E-state index contributed by atoms with van der Waals surface area (Å²) in [7, 11) is 0. The van der Waals surface area contributed by atoms with Gasteiger partial charge in [0, 0.05) is 30.0 Å². The third-order valence-electron chi connectivity index (χ3n) is 6.12. The van der Waals surface area contributed by atoms with Gasteiger partial charge in [-0.25, -0.2) is 14.6 Å². The minimum Gasteiger partial charge on any atom is -0.444 e. The van der Waals surface area contributed by atoms with Crippen LogP contribution in [0.3, 0.4) is 0 Å². The lowest BCUT2D eigenvalue weighted by molar-refractivity contribution is -0.190. The number of thiazole rings is 1. The predicted octanol–water partition coefficient (Wildman–Crippen LogP) is 6.38. The lowest BCUT2D eigenvalue weighted by Crippen LogP contribution is -2.62. The molecule has 1 N–H and O–H groups in total. The van der Waals surface area contributed by atoms with E-state index < -0.39 is 36.5 Å². The molecule has 216 valence electrons. The van der Waals surface area contributed by atoms with Gasteiger partial charge in [-0.05, 0) is 64.4 Å². The van der Waals surface area contributed by atoms with E-state index in [2.05, 4.69) is 21.4 Å². The van der Waals surface area contributed by atoms with Gasteiger partial charge in [0.05, 0.1) is 28.7 Å². The molecule has 3 amide bonds. The van der Waals surface area contributed by atoms with Gasteiger partial charge >= 0.3 is 18.3 Å². The van der Waals surface area contributed by atoms with E-state index in [1.54, 1.807) is 45.0 Å². The number of urea groups is 1. The van der Waals surface area contributed by atoms with Crippen molar-refractivity contribution < 1.29 is 27.5 Å². The van der Waals surface area contributed by atoms with E-state index in [0.717, 1.165) is 33.2 Å². The zero-order chi connectivity index (χ0) is 30.1. The SMILES string of the molecule is Cc1cc(-c2sc(NC(=O)N3CCN(C(=O)OC(C)(C)C)[C@@H](C(F)(F)F)C3)nc2-c2cccc(C#N)c2)cc(C)n1. The van der Waals surface area contributed by atoms with E-state index in [1.807, 2.05) is 26.0 Å². The number of hydrogen-bond acceptors (Lipinski definition) is 7. The summed E-state index contributed by atoms with van der Waals surface area (Å²) in [5.41, 5.74) is 2.96. The Morgan fingerprint density at radius 2 is 1.76 bits per heavy atom. The molecule has 2 aromatic heterocycles. The normalized spacial score (nSPS) is 15.8. The van der Waals surface area contributed by atoms with Crippen molar-refractivity contribution in [1.82, 2.24) is 19.8 Å². The van der Waals surface area contributed by atoms with Gasteiger partial charge in [-0.1, -0.05) is 23.5 Å². The highest BCUT2D eigenvalue weighted by atomic mass is 32.1. The van der Waals surface area contributed by atoms with Crippen LogP contribution in [0.25, 0.3) is 21.7 Å². The first-order chi connectivity index (χ1) is 19.1. The smallest absolute Gasteiger partial charge is 0.410 e. The number of carbonyl (C=O) groups excluding carboxylic acids is 2. The number of hydrogen-bond donors (Lipinski definition) is 1. The monoisotopic (exact) mass is 586 g/mol. The molecule has 0 spiro atoms. The Hall–Kier alpha value is -4.18. The average molecular weight is 587 g/mol. The Bertz CT molecular complexity index is 1490. The molecule has 0 bridgehead atoms. The molecule has 0 saturated carbocycles. The third-order valence-corrected chi connectivity index (χ3v) is 7.14. The van der Waals surface area contributed by atoms with Crippen LogP contribution in [0, 0.1) is 25.2 Å². The molecule has 1 aliphatic rings. The Morgan fingerprint density at radius 1 is 1.07 bits per heavy atom. The van der Waals surface area contributed by atoms with Crippen LogP contribution in [0.5, 0.6) is 0 Å². The zero-order valence-corrected chi connectivity index (χ0v) is 24.0. The Labute approximate surface area is 239 Å². The van der Waals surface area contributed by atoms with Gasteiger partial charge in [0.15, 0.2) is 5.13 Å². The second kappa shape index (κ2) is 11.4. The maximum Gasteiger partial charge on any atom is 0.410 e. The molecule has 41 heavy (non-hydrogen) atoms. The molecule has 0 aliphatic carbocycles. The Balaban J connectivity index is 1.62. The molecular weight excluding hydrogens is 557 g/mol. The van der Waals surface area contributed by atoms with Crippen molar-refractivity contribution in [3.8, 4) is 27.8 Å². The molecule has 3 heterocycles. The predicted molar refractivity (Wildman–Crippen MR) is 148 cm³/mol. The fraction of sp³-hybridized carbons (Fsp3) is 0.393. The van der Waals surface area contributed by atoms with E-state index in [-0.39, 0.29) is 18.2 Å². The van der Waals surface area contributed by atoms with Crippen molar-refractivity contribution >= 4 is 28.6 Å². The van der Waals surface area contributed by atoms with Crippen LogP contribution in [0.2, 0.25) is 0 Å². The maximum atomic E-state index is 14.0. The summed E-state index contributed by atoms with van der Waals surface area (Å²) in [5.74, 6) is 0. The number of nitriles is 1. The molecule has 1 saturated heterocycles. The van der Waals surface area contributed by atoms with Gasteiger partial charge in [-0.3, -0.25) is 15.2 Å². The van der Waals surface area contributed by atoms with Crippen LogP contribution in [-0.4, -0.2) is 69.3 Å². The Kier molecular flexibility index (Phi) is 8.26. The fourth-order valence-corrected chi connectivity index (χ4v) is 5.39. The molecule has 1 fully saturated rings. The van der Waals surface area contributed by atoms with Crippen molar-refractivity contribution in [2.24, 2.45) is 0 Å². The van der Waals surface area contributed by atoms with Gasteiger partial charge in [0.1, 0.15) is 11.6 Å². The van der Waals surface area contributed by atoms with Crippen molar-refractivity contribution in [1.29, 1.82) is 5.26 Å². The number of piperazine rings is 1. The molecule has 3 aromatic rings. The number of amides is 3. The first kappa shape index (κ1) is 29.8. The maximum absolute atomic E-state index is 14.0. The number of pyridine rings is 1. The van der Waals surface area contributed by atoms with Gasteiger partial charge < -0.3 is 9.64 Å². The topological polar surface area (TPSA) is 111 Å². The van der Waals surface area contributed by atoms with Crippen molar-refractivity contribution in [2.45, 2.75) is 52.4 Å². The minimum absolute atomic E-state index is 0.129. The number of carbonyl (C=O) groups is 2. The summed E-state index contributed by atoms with van der Waals surface area (Å²) in [5, 5.41) is 12.2. The summed E-state index contributed by atoms with van der Waals surface area (Å²) < 4.78 is 47.0. The minimum atomic E-state index is -4.78. The fourth-order valence-electron chi connectivity index (χ4n) is 4.42. The van der Waals surface area contributed by atoms with Crippen molar-refractivity contribution in [3.63, 3.8) is 0 Å². The number of aromatic nitrogens is 2. The number of nitrogens with one attached hydrogen (secondary N) is 1. The molecule has 4 rings (SSSR count). The first-order valence-corrected chi connectivity index (χ1v) is 13.6. The molecule has 1 aromatic carbocycles. The lowest BCUT2D eigenvalue weighted by atomic mass is 10.0. The first-order valence-electron chi connectivity index (χ1n) is 12.7.